The maximum absolute atomic E-state index is 12.6. The molecule has 0 saturated heterocycles. The number of amides is 1. The number of hydrogen-bond donors (Lipinski definition) is 1. The number of fused-ring (bicyclic) bond motifs is 1. The van der Waals surface area contributed by atoms with Crippen LogP contribution in [0.3, 0.4) is 0 Å². The lowest BCUT2D eigenvalue weighted by atomic mass is 10.2. The van der Waals surface area contributed by atoms with Gasteiger partial charge in [0.15, 0.2) is 11.6 Å². The largest absolute Gasteiger partial charge is 0.450 e. The van der Waals surface area contributed by atoms with Gasteiger partial charge in [-0.25, -0.2) is 4.68 Å². The van der Waals surface area contributed by atoms with E-state index in [0.29, 0.717) is 23.1 Å². The third kappa shape index (κ3) is 3.02. The SMILES string of the molecule is O=C(Nc1cccc(-c2nnnn2C2CC2)c1)c1cc2cccc(Br)c2o1. The highest BCUT2D eigenvalue weighted by atomic mass is 79.9. The van der Waals surface area contributed by atoms with E-state index in [4.69, 9.17) is 4.42 Å². The molecule has 4 aromatic rings. The standard InChI is InChI=1S/C19H14BrN5O2/c20-15-6-2-3-11-10-16(27-17(11)15)19(26)21-13-5-1-4-12(9-13)18-22-23-24-25(18)14-7-8-14/h1-6,9-10,14H,7-8H2,(H,21,26). The van der Waals surface area contributed by atoms with Crippen LogP contribution in [0, 0.1) is 0 Å². The van der Waals surface area contributed by atoms with Gasteiger partial charge in [-0.2, -0.15) is 0 Å². The Balaban J connectivity index is 1.42. The van der Waals surface area contributed by atoms with Crippen molar-refractivity contribution in [1.29, 1.82) is 0 Å². The van der Waals surface area contributed by atoms with Crippen molar-refractivity contribution >= 4 is 38.5 Å². The van der Waals surface area contributed by atoms with E-state index >= 15 is 0 Å². The summed E-state index contributed by atoms with van der Waals surface area (Å²) in [6.45, 7) is 0. The topological polar surface area (TPSA) is 85.8 Å². The number of rotatable bonds is 4. The van der Waals surface area contributed by atoms with E-state index in [1.54, 1.807) is 6.07 Å². The van der Waals surface area contributed by atoms with Gasteiger partial charge in [0.1, 0.15) is 5.58 Å². The summed E-state index contributed by atoms with van der Waals surface area (Å²) < 4.78 is 8.36. The minimum atomic E-state index is -0.308. The molecule has 2 heterocycles. The average Bonchev–Trinajstić information content (AvgIpc) is 3.22. The summed E-state index contributed by atoms with van der Waals surface area (Å²) in [7, 11) is 0. The van der Waals surface area contributed by atoms with Crippen LogP contribution in [0.15, 0.2) is 57.4 Å². The van der Waals surface area contributed by atoms with Gasteiger partial charge in [-0.3, -0.25) is 4.79 Å². The second-order valence-corrected chi connectivity index (χ2v) is 7.34. The number of benzene rings is 2. The van der Waals surface area contributed by atoms with E-state index in [1.807, 2.05) is 47.1 Å². The number of aromatic nitrogens is 4. The second-order valence-electron chi connectivity index (χ2n) is 6.48. The van der Waals surface area contributed by atoms with Crippen LogP contribution in [-0.4, -0.2) is 26.1 Å². The predicted octanol–water partition coefficient (Wildman–Crippen LogP) is 4.44. The molecule has 0 aliphatic heterocycles. The van der Waals surface area contributed by atoms with Gasteiger partial charge in [-0.05, 0) is 63.5 Å². The first kappa shape index (κ1) is 16.2. The maximum atomic E-state index is 12.6. The molecule has 27 heavy (non-hydrogen) atoms. The zero-order chi connectivity index (χ0) is 18.4. The van der Waals surface area contributed by atoms with Gasteiger partial charge < -0.3 is 9.73 Å². The lowest BCUT2D eigenvalue weighted by Crippen LogP contribution is -2.11. The van der Waals surface area contributed by atoms with Crippen LogP contribution in [0.2, 0.25) is 0 Å². The van der Waals surface area contributed by atoms with Gasteiger partial charge in [0, 0.05) is 16.6 Å². The number of hydrogen-bond acceptors (Lipinski definition) is 5. The van der Waals surface area contributed by atoms with Crippen molar-refractivity contribution in [2.45, 2.75) is 18.9 Å². The van der Waals surface area contributed by atoms with Gasteiger partial charge in [0.05, 0.1) is 10.5 Å². The molecule has 1 aliphatic carbocycles. The van der Waals surface area contributed by atoms with E-state index < -0.39 is 0 Å². The van der Waals surface area contributed by atoms with E-state index in [2.05, 4.69) is 36.8 Å². The average molecular weight is 424 g/mol. The Bertz CT molecular complexity index is 1160. The van der Waals surface area contributed by atoms with E-state index in [9.17, 15) is 4.79 Å². The van der Waals surface area contributed by atoms with Crippen LogP contribution in [0.1, 0.15) is 29.4 Å². The molecular weight excluding hydrogens is 410 g/mol. The fourth-order valence-corrected chi connectivity index (χ4v) is 3.48. The van der Waals surface area contributed by atoms with Crippen LogP contribution in [0.25, 0.3) is 22.4 Å². The normalized spacial score (nSPS) is 13.8. The highest BCUT2D eigenvalue weighted by Crippen LogP contribution is 2.37. The second kappa shape index (κ2) is 6.31. The highest BCUT2D eigenvalue weighted by molar-refractivity contribution is 9.10. The molecule has 1 fully saturated rings. The Hall–Kier alpha value is -3.00. The number of para-hydroxylation sites is 1. The molecule has 2 aromatic carbocycles. The molecule has 1 N–H and O–H groups in total. The van der Waals surface area contributed by atoms with Crippen molar-refractivity contribution in [3.8, 4) is 11.4 Å². The molecule has 0 radical (unpaired) electrons. The molecule has 0 spiro atoms. The zero-order valence-electron chi connectivity index (χ0n) is 14.1. The van der Waals surface area contributed by atoms with Crippen LogP contribution >= 0.6 is 15.9 Å². The highest BCUT2D eigenvalue weighted by Gasteiger charge is 2.28. The van der Waals surface area contributed by atoms with Crippen LogP contribution in [0.4, 0.5) is 5.69 Å². The number of tetrazole rings is 1. The number of anilines is 1. The smallest absolute Gasteiger partial charge is 0.291 e. The molecule has 8 heteroatoms. The molecule has 5 rings (SSSR count). The molecule has 7 nitrogen and oxygen atoms in total. The molecule has 0 unspecified atom stereocenters. The minimum absolute atomic E-state index is 0.255. The lowest BCUT2D eigenvalue weighted by molar-refractivity contribution is 0.0998. The molecule has 0 atom stereocenters. The first-order chi connectivity index (χ1) is 13.2. The van der Waals surface area contributed by atoms with Crippen molar-refractivity contribution in [3.63, 3.8) is 0 Å². The van der Waals surface area contributed by atoms with Gasteiger partial charge in [0.2, 0.25) is 0 Å². The van der Waals surface area contributed by atoms with Crippen LogP contribution in [-0.2, 0) is 0 Å². The van der Waals surface area contributed by atoms with Crippen LogP contribution < -0.4 is 5.32 Å². The van der Waals surface area contributed by atoms with Crippen molar-refractivity contribution in [3.05, 3.63) is 58.8 Å². The Morgan fingerprint density at radius 1 is 1.19 bits per heavy atom. The van der Waals surface area contributed by atoms with E-state index in [-0.39, 0.29) is 11.7 Å². The number of nitrogens with zero attached hydrogens (tertiary/aromatic N) is 4. The molecule has 134 valence electrons. The molecule has 1 saturated carbocycles. The van der Waals surface area contributed by atoms with Crippen molar-refractivity contribution in [2.24, 2.45) is 0 Å². The van der Waals surface area contributed by atoms with Gasteiger partial charge >= 0.3 is 0 Å². The molecular formula is C19H14BrN5O2. The Morgan fingerprint density at radius 2 is 2.04 bits per heavy atom. The first-order valence-corrected chi connectivity index (χ1v) is 9.36. The first-order valence-electron chi connectivity index (χ1n) is 8.57. The van der Waals surface area contributed by atoms with E-state index in [1.165, 1.54) is 0 Å². The number of carbonyl (C=O) groups excluding carboxylic acids is 1. The fraction of sp³-hybridized carbons (Fsp3) is 0.158. The third-order valence-electron chi connectivity index (χ3n) is 4.48. The summed E-state index contributed by atoms with van der Waals surface area (Å²) in [5, 5.41) is 15.7. The summed E-state index contributed by atoms with van der Waals surface area (Å²) in [6, 6.07) is 15.3. The summed E-state index contributed by atoms with van der Waals surface area (Å²) in [5.74, 6) is 0.656. The van der Waals surface area contributed by atoms with Gasteiger partial charge in [0.25, 0.3) is 5.91 Å². The Kier molecular flexibility index (Phi) is 3.78. The Morgan fingerprint density at radius 3 is 2.85 bits per heavy atom. The third-order valence-corrected chi connectivity index (χ3v) is 5.11. The molecule has 2 aromatic heterocycles. The summed E-state index contributed by atoms with van der Waals surface area (Å²) in [4.78, 5) is 12.6. The quantitative estimate of drug-likeness (QED) is 0.524. The number of furan rings is 1. The number of nitrogens with one attached hydrogen (secondary N) is 1. The maximum Gasteiger partial charge on any atom is 0.291 e. The van der Waals surface area contributed by atoms with Crippen LogP contribution in [0.5, 0.6) is 0 Å². The zero-order valence-corrected chi connectivity index (χ0v) is 15.7. The monoisotopic (exact) mass is 423 g/mol. The number of halogens is 1. The van der Waals surface area contributed by atoms with Crippen molar-refractivity contribution in [2.75, 3.05) is 5.32 Å². The fourth-order valence-electron chi connectivity index (χ4n) is 3.02. The van der Waals surface area contributed by atoms with Gasteiger partial charge in [-0.15, -0.1) is 5.10 Å². The minimum Gasteiger partial charge on any atom is -0.450 e. The Labute approximate surface area is 162 Å². The lowest BCUT2D eigenvalue weighted by Gasteiger charge is -2.06. The summed E-state index contributed by atoms with van der Waals surface area (Å²) in [5.41, 5.74) is 2.17. The van der Waals surface area contributed by atoms with Gasteiger partial charge in [-0.1, -0.05) is 24.3 Å². The molecule has 1 amide bonds. The molecule has 0 bridgehead atoms. The number of carbonyl (C=O) groups is 1. The van der Waals surface area contributed by atoms with E-state index in [0.717, 1.165) is 28.3 Å². The predicted molar refractivity (Wildman–Crippen MR) is 103 cm³/mol. The molecule has 1 aliphatic rings. The van der Waals surface area contributed by atoms with Crippen molar-refractivity contribution in [1.82, 2.24) is 20.2 Å². The summed E-state index contributed by atoms with van der Waals surface area (Å²) in [6.07, 6.45) is 2.19. The van der Waals surface area contributed by atoms with Crippen molar-refractivity contribution < 1.29 is 9.21 Å². The summed E-state index contributed by atoms with van der Waals surface area (Å²) >= 11 is 3.43.